The van der Waals surface area contributed by atoms with Gasteiger partial charge in [-0.25, -0.2) is 4.39 Å². The fourth-order valence-corrected chi connectivity index (χ4v) is 2.52. The van der Waals surface area contributed by atoms with E-state index in [4.69, 9.17) is 22.1 Å². The van der Waals surface area contributed by atoms with Crippen LogP contribution in [-0.2, 0) is 4.79 Å². The van der Waals surface area contributed by atoms with Gasteiger partial charge in [0.25, 0.3) is 0 Å². The van der Waals surface area contributed by atoms with Crippen LogP contribution in [0.1, 0.15) is 24.9 Å². The molecule has 0 fully saturated rings. The minimum absolute atomic E-state index is 0.0338. The molecule has 2 rings (SSSR count). The molecule has 0 saturated heterocycles. The van der Waals surface area contributed by atoms with E-state index in [1.807, 2.05) is 24.3 Å². The highest BCUT2D eigenvalue weighted by molar-refractivity contribution is 6.31. The Balaban J connectivity index is 1.98. The fourth-order valence-electron chi connectivity index (χ4n) is 2.34. The van der Waals surface area contributed by atoms with Gasteiger partial charge in [0, 0.05) is 17.6 Å². The summed E-state index contributed by atoms with van der Waals surface area (Å²) in [6.45, 7) is 1.79. The molecular weight excluding hydrogens is 331 g/mol. The Morgan fingerprint density at radius 3 is 2.75 bits per heavy atom. The zero-order chi connectivity index (χ0) is 17.7. The standard InChI is InChI=1S/C18H20ClFN2O2/c1-11(8-17(21)12-4-3-5-14(9-12)24-2)18(23)22-13-6-7-16(20)15(19)10-13/h3-7,9-11,17H,8,21H2,1-2H3,(H,22,23). The number of hydrogen-bond acceptors (Lipinski definition) is 3. The van der Waals surface area contributed by atoms with Gasteiger partial charge in [-0.3, -0.25) is 4.79 Å². The summed E-state index contributed by atoms with van der Waals surface area (Å²) in [6.07, 6.45) is 0.466. The zero-order valence-corrected chi connectivity index (χ0v) is 14.3. The summed E-state index contributed by atoms with van der Waals surface area (Å²) in [4.78, 5) is 12.3. The first-order chi connectivity index (χ1) is 11.4. The first kappa shape index (κ1) is 18.2. The van der Waals surface area contributed by atoms with Gasteiger partial charge in [-0.15, -0.1) is 0 Å². The Hall–Kier alpha value is -2.11. The van der Waals surface area contributed by atoms with Crippen molar-refractivity contribution in [1.29, 1.82) is 0 Å². The van der Waals surface area contributed by atoms with Gasteiger partial charge >= 0.3 is 0 Å². The maximum absolute atomic E-state index is 13.1. The Bertz CT molecular complexity index is 724. The van der Waals surface area contributed by atoms with Crippen LogP contribution in [0.2, 0.25) is 5.02 Å². The number of halogens is 2. The molecule has 0 radical (unpaired) electrons. The van der Waals surface area contributed by atoms with E-state index in [-0.39, 0.29) is 22.9 Å². The maximum atomic E-state index is 13.1. The summed E-state index contributed by atoms with van der Waals surface area (Å²) in [5.41, 5.74) is 7.54. The summed E-state index contributed by atoms with van der Waals surface area (Å²) >= 11 is 5.71. The van der Waals surface area contributed by atoms with Crippen molar-refractivity contribution >= 4 is 23.2 Å². The second-order valence-electron chi connectivity index (χ2n) is 5.64. The average molecular weight is 351 g/mol. The zero-order valence-electron chi connectivity index (χ0n) is 13.6. The normalized spacial score (nSPS) is 13.2. The lowest BCUT2D eigenvalue weighted by Gasteiger charge is -2.18. The number of benzene rings is 2. The Kier molecular flexibility index (Phi) is 6.17. The number of rotatable bonds is 6. The SMILES string of the molecule is COc1cccc(C(N)CC(C)C(=O)Nc2ccc(F)c(Cl)c2)c1. The van der Waals surface area contributed by atoms with Gasteiger partial charge in [0.05, 0.1) is 12.1 Å². The smallest absolute Gasteiger partial charge is 0.227 e. The molecule has 0 spiro atoms. The third-order valence-electron chi connectivity index (χ3n) is 3.76. The summed E-state index contributed by atoms with van der Waals surface area (Å²) in [5.74, 6) is -0.324. The second-order valence-corrected chi connectivity index (χ2v) is 6.05. The summed E-state index contributed by atoms with van der Waals surface area (Å²) < 4.78 is 18.3. The Morgan fingerprint density at radius 2 is 2.08 bits per heavy atom. The average Bonchev–Trinajstić information content (AvgIpc) is 2.58. The van der Waals surface area contributed by atoms with Gasteiger partial charge in [0.1, 0.15) is 11.6 Å². The molecule has 2 aromatic rings. The lowest BCUT2D eigenvalue weighted by Crippen LogP contribution is -2.24. The van der Waals surface area contributed by atoms with Gasteiger partial charge in [-0.1, -0.05) is 30.7 Å². The highest BCUT2D eigenvalue weighted by Crippen LogP contribution is 2.24. The molecule has 0 saturated carbocycles. The van der Waals surface area contributed by atoms with Crippen molar-refractivity contribution < 1.29 is 13.9 Å². The van der Waals surface area contributed by atoms with Gasteiger partial charge < -0.3 is 15.8 Å². The van der Waals surface area contributed by atoms with E-state index in [2.05, 4.69) is 5.32 Å². The van der Waals surface area contributed by atoms with Crippen LogP contribution in [0.5, 0.6) is 5.75 Å². The predicted octanol–water partition coefficient (Wildman–Crippen LogP) is 4.15. The highest BCUT2D eigenvalue weighted by atomic mass is 35.5. The number of anilines is 1. The monoisotopic (exact) mass is 350 g/mol. The molecule has 2 unspecified atom stereocenters. The highest BCUT2D eigenvalue weighted by Gasteiger charge is 2.18. The van der Waals surface area contributed by atoms with E-state index in [1.165, 1.54) is 18.2 Å². The molecule has 128 valence electrons. The summed E-state index contributed by atoms with van der Waals surface area (Å²) in [7, 11) is 1.59. The second kappa shape index (κ2) is 8.13. The molecule has 2 atom stereocenters. The molecule has 1 amide bonds. The third kappa shape index (κ3) is 4.69. The van der Waals surface area contributed by atoms with Gasteiger partial charge in [0.2, 0.25) is 5.91 Å². The van der Waals surface area contributed by atoms with Crippen molar-refractivity contribution in [2.75, 3.05) is 12.4 Å². The van der Waals surface area contributed by atoms with Gasteiger partial charge in [-0.2, -0.15) is 0 Å². The molecule has 0 bridgehead atoms. The number of methoxy groups -OCH3 is 1. The van der Waals surface area contributed by atoms with Crippen LogP contribution >= 0.6 is 11.6 Å². The largest absolute Gasteiger partial charge is 0.497 e. The quantitative estimate of drug-likeness (QED) is 0.822. The molecule has 0 heterocycles. The van der Waals surface area contributed by atoms with Crippen LogP contribution in [0, 0.1) is 11.7 Å². The fraction of sp³-hybridized carbons (Fsp3) is 0.278. The molecule has 0 aromatic heterocycles. The molecule has 24 heavy (non-hydrogen) atoms. The minimum atomic E-state index is -0.525. The van der Waals surface area contributed by atoms with Crippen LogP contribution in [0.15, 0.2) is 42.5 Å². The predicted molar refractivity (Wildman–Crippen MR) is 93.7 cm³/mol. The molecule has 2 aromatic carbocycles. The van der Waals surface area contributed by atoms with Crippen LogP contribution in [0.3, 0.4) is 0 Å². The van der Waals surface area contributed by atoms with E-state index < -0.39 is 5.82 Å². The van der Waals surface area contributed by atoms with E-state index >= 15 is 0 Å². The number of hydrogen-bond donors (Lipinski definition) is 2. The lowest BCUT2D eigenvalue weighted by molar-refractivity contribution is -0.119. The van der Waals surface area contributed by atoms with Gasteiger partial charge in [-0.05, 0) is 42.3 Å². The van der Waals surface area contributed by atoms with Gasteiger partial charge in [0.15, 0.2) is 0 Å². The maximum Gasteiger partial charge on any atom is 0.227 e. The molecule has 6 heteroatoms. The number of carbonyl (C=O) groups is 1. The molecule has 0 aliphatic heterocycles. The Labute approximate surface area is 145 Å². The van der Waals surface area contributed by atoms with Crippen molar-refractivity contribution in [1.82, 2.24) is 0 Å². The molecule has 0 aliphatic rings. The van der Waals surface area contributed by atoms with Crippen molar-refractivity contribution in [2.24, 2.45) is 11.7 Å². The van der Waals surface area contributed by atoms with E-state index in [0.717, 1.165) is 11.3 Å². The van der Waals surface area contributed by atoms with Crippen molar-refractivity contribution in [3.8, 4) is 5.75 Å². The first-order valence-corrected chi connectivity index (χ1v) is 7.94. The number of carbonyl (C=O) groups excluding carboxylic acids is 1. The third-order valence-corrected chi connectivity index (χ3v) is 4.05. The number of amides is 1. The van der Waals surface area contributed by atoms with Crippen molar-refractivity contribution in [2.45, 2.75) is 19.4 Å². The molecule has 3 N–H and O–H groups in total. The van der Waals surface area contributed by atoms with E-state index in [9.17, 15) is 9.18 Å². The summed E-state index contributed by atoms with van der Waals surface area (Å²) in [5, 5.41) is 2.69. The van der Waals surface area contributed by atoms with Crippen LogP contribution in [0.4, 0.5) is 10.1 Å². The molecular formula is C18H20ClFN2O2. The van der Waals surface area contributed by atoms with Crippen LogP contribution in [0.25, 0.3) is 0 Å². The van der Waals surface area contributed by atoms with Crippen molar-refractivity contribution in [3.05, 3.63) is 58.9 Å². The van der Waals surface area contributed by atoms with E-state index in [0.29, 0.717) is 12.1 Å². The molecule has 0 aliphatic carbocycles. The first-order valence-electron chi connectivity index (χ1n) is 7.56. The lowest BCUT2D eigenvalue weighted by atomic mass is 9.96. The van der Waals surface area contributed by atoms with Crippen LogP contribution in [-0.4, -0.2) is 13.0 Å². The minimum Gasteiger partial charge on any atom is -0.497 e. The Morgan fingerprint density at radius 1 is 1.33 bits per heavy atom. The number of nitrogens with two attached hydrogens (primary N) is 1. The number of ether oxygens (including phenoxy) is 1. The molecule has 4 nitrogen and oxygen atoms in total. The number of nitrogens with one attached hydrogen (secondary N) is 1. The topological polar surface area (TPSA) is 64.3 Å². The van der Waals surface area contributed by atoms with Crippen LogP contribution < -0.4 is 15.8 Å². The van der Waals surface area contributed by atoms with E-state index in [1.54, 1.807) is 14.0 Å². The summed E-state index contributed by atoms with van der Waals surface area (Å²) in [6, 6.07) is 11.2. The van der Waals surface area contributed by atoms with Crippen molar-refractivity contribution in [3.63, 3.8) is 0 Å².